The van der Waals surface area contributed by atoms with Crippen molar-refractivity contribution in [1.29, 1.82) is 0 Å². The van der Waals surface area contributed by atoms with Crippen molar-refractivity contribution in [1.82, 2.24) is 10.6 Å². The van der Waals surface area contributed by atoms with Crippen molar-refractivity contribution in [2.45, 2.75) is 37.8 Å². The van der Waals surface area contributed by atoms with Crippen molar-refractivity contribution in [2.75, 3.05) is 0 Å². The van der Waals surface area contributed by atoms with Crippen LogP contribution < -0.4 is 16.4 Å². The van der Waals surface area contributed by atoms with Gasteiger partial charge in [0, 0.05) is 18.8 Å². The standard InChI is InChI=1S/C27H27N3O3/c1-17(18-9-3-2-4-10-18)29-23(31)15-16-24(32)30-26(27(28)33)25-21-13-7-5-11-19(21)20-12-6-8-14-22(20)25/h2-14,17,25-26H,15-16H2,1H3,(H2,28,33)(H,29,31)(H,30,32)/t17-,26-/m1/s1. The van der Waals surface area contributed by atoms with E-state index in [0.29, 0.717) is 0 Å². The van der Waals surface area contributed by atoms with Crippen LogP contribution in [0.15, 0.2) is 78.9 Å². The number of fused-ring (bicyclic) bond motifs is 3. The van der Waals surface area contributed by atoms with Gasteiger partial charge in [0.15, 0.2) is 0 Å². The van der Waals surface area contributed by atoms with Crippen LogP contribution >= 0.6 is 0 Å². The molecule has 0 saturated heterocycles. The van der Waals surface area contributed by atoms with Gasteiger partial charge in [-0.05, 0) is 34.7 Å². The Bertz CT molecular complexity index is 1130. The fraction of sp³-hybridized carbons (Fsp3) is 0.222. The van der Waals surface area contributed by atoms with Crippen LogP contribution in [0.1, 0.15) is 48.4 Å². The number of nitrogens with two attached hydrogens (primary N) is 1. The Kier molecular flexibility index (Phi) is 6.54. The van der Waals surface area contributed by atoms with Crippen molar-refractivity contribution in [3.63, 3.8) is 0 Å². The Morgan fingerprint density at radius 3 is 1.79 bits per heavy atom. The van der Waals surface area contributed by atoms with Crippen LogP contribution in [0.25, 0.3) is 11.1 Å². The number of benzene rings is 3. The molecule has 0 bridgehead atoms. The van der Waals surface area contributed by atoms with Crippen molar-refractivity contribution in [2.24, 2.45) is 5.73 Å². The van der Waals surface area contributed by atoms with Crippen LogP contribution in [0.3, 0.4) is 0 Å². The zero-order valence-electron chi connectivity index (χ0n) is 18.5. The zero-order valence-corrected chi connectivity index (χ0v) is 18.5. The summed E-state index contributed by atoms with van der Waals surface area (Å²) in [4.78, 5) is 37.5. The molecule has 0 spiro atoms. The second-order valence-corrected chi connectivity index (χ2v) is 8.30. The van der Waals surface area contributed by atoms with Crippen molar-refractivity contribution >= 4 is 17.7 Å². The van der Waals surface area contributed by atoms with E-state index in [1.54, 1.807) is 0 Å². The number of hydrogen-bond acceptors (Lipinski definition) is 3. The smallest absolute Gasteiger partial charge is 0.240 e. The highest BCUT2D eigenvalue weighted by Gasteiger charge is 2.37. The third-order valence-electron chi connectivity index (χ3n) is 6.09. The molecule has 4 N–H and O–H groups in total. The zero-order chi connectivity index (χ0) is 23.4. The Labute approximate surface area is 193 Å². The van der Waals surface area contributed by atoms with Gasteiger partial charge in [0.25, 0.3) is 0 Å². The highest BCUT2D eigenvalue weighted by molar-refractivity contribution is 5.92. The first-order chi connectivity index (χ1) is 16.0. The molecule has 6 nitrogen and oxygen atoms in total. The number of hydrogen-bond donors (Lipinski definition) is 3. The van der Waals surface area contributed by atoms with Gasteiger partial charge in [0.2, 0.25) is 17.7 Å². The molecular formula is C27H27N3O3. The second kappa shape index (κ2) is 9.69. The highest BCUT2D eigenvalue weighted by atomic mass is 16.2. The Hall–Kier alpha value is -3.93. The van der Waals surface area contributed by atoms with Crippen molar-refractivity contribution < 1.29 is 14.4 Å². The lowest BCUT2D eigenvalue weighted by atomic mass is 9.88. The summed E-state index contributed by atoms with van der Waals surface area (Å²) in [5.74, 6) is -1.59. The van der Waals surface area contributed by atoms with Gasteiger partial charge in [-0.15, -0.1) is 0 Å². The van der Waals surface area contributed by atoms with Gasteiger partial charge >= 0.3 is 0 Å². The van der Waals surface area contributed by atoms with Crippen LogP contribution in [0, 0.1) is 0 Å². The average molecular weight is 442 g/mol. The molecule has 0 aliphatic heterocycles. The molecule has 0 aromatic heterocycles. The number of amides is 3. The van der Waals surface area contributed by atoms with E-state index in [0.717, 1.165) is 27.8 Å². The minimum Gasteiger partial charge on any atom is -0.368 e. The summed E-state index contributed by atoms with van der Waals surface area (Å²) in [6.07, 6.45) is -0.0144. The van der Waals surface area contributed by atoms with E-state index in [1.165, 1.54) is 0 Å². The molecule has 4 rings (SSSR count). The van der Waals surface area contributed by atoms with Gasteiger partial charge in [-0.1, -0.05) is 78.9 Å². The largest absolute Gasteiger partial charge is 0.368 e. The molecule has 168 valence electrons. The lowest BCUT2D eigenvalue weighted by Gasteiger charge is -2.24. The SMILES string of the molecule is C[C@@H](NC(=O)CCC(=O)N[C@@H](C(N)=O)C1c2ccccc2-c2ccccc21)c1ccccc1. The summed E-state index contributed by atoms with van der Waals surface area (Å²) in [7, 11) is 0. The van der Waals surface area contributed by atoms with E-state index in [1.807, 2.05) is 85.8 Å². The molecule has 1 aliphatic rings. The first-order valence-corrected chi connectivity index (χ1v) is 11.1. The Morgan fingerprint density at radius 2 is 1.24 bits per heavy atom. The third-order valence-corrected chi connectivity index (χ3v) is 6.09. The van der Waals surface area contributed by atoms with Gasteiger partial charge in [0.1, 0.15) is 6.04 Å². The summed E-state index contributed by atoms with van der Waals surface area (Å²) in [5, 5.41) is 5.69. The number of rotatable bonds is 8. The fourth-order valence-corrected chi connectivity index (χ4v) is 4.48. The fourth-order valence-electron chi connectivity index (χ4n) is 4.48. The first-order valence-electron chi connectivity index (χ1n) is 11.1. The monoisotopic (exact) mass is 441 g/mol. The molecule has 0 fully saturated rings. The Morgan fingerprint density at radius 1 is 0.758 bits per heavy atom. The molecule has 0 heterocycles. The van der Waals surface area contributed by atoms with E-state index in [2.05, 4.69) is 10.6 Å². The van der Waals surface area contributed by atoms with Crippen LogP contribution in [0.2, 0.25) is 0 Å². The summed E-state index contributed by atoms with van der Waals surface area (Å²) < 4.78 is 0. The second-order valence-electron chi connectivity index (χ2n) is 8.30. The van der Waals surface area contributed by atoms with Crippen molar-refractivity contribution in [3.8, 4) is 11.1 Å². The van der Waals surface area contributed by atoms with Crippen LogP contribution in [-0.2, 0) is 14.4 Å². The quantitative estimate of drug-likeness (QED) is 0.499. The lowest BCUT2D eigenvalue weighted by molar-refractivity contribution is -0.129. The number of carbonyl (C=O) groups is 3. The molecule has 1 aliphatic carbocycles. The predicted molar refractivity (Wildman–Crippen MR) is 127 cm³/mol. The molecule has 6 heteroatoms. The van der Waals surface area contributed by atoms with Crippen LogP contribution in [0.5, 0.6) is 0 Å². The van der Waals surface area contributed by atoms with Gasteiger partial charge < -0.3 is 16.4 Å². The molecule has 0 radical (unpaired) electrons. The molecule has 0 unspecified atom stereocenters. The topological polar surface area (TPSA) is 101 Å². The Balaban J connectivity index is 1.42. The molecule has 0 saturated carbocycles. The maximum atomic E-state index is 12.7. The van der Waals surface area contributed by atoms with Gasteiger partial charge in [0.05, 0.1) is 6.04 Å². The molecular weight excluding hydrogens is 414 g/mol. The van der Waals surface area contributed by atoms with Gasteiger partial charge in [-0.3, -0.25) is 14.4 Å². The van der Waals surface area contributed by atoms with E-state index >= 15 is 0 Å². The summed E-state index contributed by atoms with van der Waals surface area (Å²) in [6.45, 7) is 1.89. The average Bonchev–Trinajstić information content (AvgIpc) is 3.16. The minimum absolute atomic E-state index is 0.0202. The predicted octanol–water partition coefficient (Wildman–Crippen LogP) is 3.43. The number of nitrogens with one attached hydrogen (secondary N) is 2. The van der Waals surface area contributed by atoms with Crippen molar-refractivity contribution in [3.05, 3.63) is 95.6 Å². The van der Waals surface area contributed by atoms with Gasteiger partial charge in [-0.2, -0.15) is 0 Å². The molecule has 33 heavy (non-hydrogen) atoms. The maximum Gasteiger partial charge on any atom is 0.240 e. The first kappa shape index (κ1) is 22.3. The van der Waals surface area contributed by atoms with E-state index in [9.17, 15) is 14.4 Å². The van der Waals surface area contributed by atoms with Crippen LogP contribution in [0.4, 0.5) is 0 Å². The number of carbonyl (C=O) groups excluding carboxylic acids is 3. The summed E-state index contributed by atoms with van der Waals surface area (Å²) in [5.41, 5.74) is 10.7. The highest BCUT2D eigenvalue weighted by Crippen LogP contribution is 2.46. The van der Waals surface area contributed by atoms with E-state index in [-0.39, 0.29) is 36.6 Å². The van der Waals surface area contributed by atoms with Crippen LogP contribution in [-0.4, -0.2) is 23.8 Å². The molecule has 3 aromatic rings. The molecule has 3 aromatic carbocycles. The maximum absolute atomic E-state index is 12.7. The summed E-state index contributed by atoms with van der Waals surface area (Å²) >= 11 is 0. The lowest BCUT2D eigenvalue weighted by Crippen LogP contribution is -2.48. The molecule has 3 amide bonds. The normalized spacial score (nSPS) is 14.0. The van der Waals surface area contributed by atoms with Gasteiger partial charge in [-0.25, -0.2) is 0 Å². The van der Waals surface area contributed by atoms with E-state index < -0.39 is 11.9 Å². The number of primary amides is 1. The third kappa shape index (κ3) is 4.80. The van der Waals surface area contributed by atoms with E-state index in [4.69, 9.17) is 5.73 Å². The molecule has 2 atom stereocenters. The summed E-state index contributed by atoms with van der Waals surface area (Å²) in [6, 6.07) is 24.2. The minimum atomic E-state index is -0.909.